The topological polar surface area (TPSA) is 0 Å². The molecule has 0 spiro atoms. The summed E-state index contributed by atoms with van der Waals surface area (Å²) in [6, 6.07) is 10.4. The average Bonchev–Trinajstić information content (AvgIpc) is 2.51. The molecule has 0 unspecified atom stereocenters. The molecule has 0 aliphatic heterocycles. The molecule has 0 heterocycles. The van der Waals surface area contributed by atoms with Gasteiger partial charge in [-0.1, -0.05) is 75.5 Å². The molecule has 16 heavy (non-hydrogen) atoms. The van der Waals surface area contributed by atoms with E-state index in [1.807, 2.05) is 6.07 Å². The Labute approximate surface area is 103 Å². The molecular formula is C16H22. The number of rotatable bonds is 2. The first kappa shape index (κ1) is 10.9. The van der Waals surface area contributed by atoms with Gasteiger partial charge in [-0.2, -0.15) is 0 Å². The minimum absolute atomic E-state index is 1.17. The van der Waals surface area contributed by atoms with Gasteiger partial charge in [0.1, 0.15) is 0 Å². The number of allylic oxidation sites excluding steroid dienone is 5. The first-order chi connectivity index (χ1) is 8.95. The zero-order chi connectivity index (χ0) is 13.6. The Kier molecular flexibility index (Phi) is 5.26. The molecule has 0 heteroatoms. The highest BCUT2D eigenvalue weighted by atomic mass is 14.0. The summed E-state index contributed by atoms with van der Waals surface area (Å²) < 4.78 is 11.5. The van der Waals surface area contributed by atoms with Crippen LogP contribution in [-0.4, -0.2) is 0 Å². The molecular weight excluding hydrogens is 192 g/mol. The van der Waals surface area contributed by atoms with Crippen molar-refractivity contribution < 1.29 is 2.74 Å². The van der Waals surface area contributed by atoms with Gasteiger partial charge in [-0.05, 0) is 24.0 Å². The summed E-state index contributed by atoms with van der Waals surface area (Å²) in [6.07, 6.45) is 13.4. The lowest BCUT2D eigenvalue weighted by Gasteiger charge is -2.00. The molecule has 86 valence electrons. The van der Waals surface area contributed by atoms with Crippen LogP contribution in [0.4, 0.5) is 0 Å². The van der Waals surface area contributed by atoms with Gasteiger partial charge in [0.15, 0.2) is 0 Å². The van der Waals surface area contributed by atoms with Crippen LogP contribution in [0.2, 0.25) is 0 Å². The molecule has 0 saturated heterocycles. The van der Waals surface area contributed by atoms with E-state index >= 15 is 0 Å². The molecule has 2 rings (SSSR count). The van der Waals surface area contributed by atoms with E-state index in [1.54, 1.807) is 0 Å². The quantitative estimate of drug-likeness (QED) is 0.636. The smallest absolute Gasteiger partial charge is 0.0194 e. The highest BCUT2D eigenvalue weighted by molar-refractivity contribution is 5.54. The van der Waals surface area contributed by atoms with Crippen LogP contribution in [0, 0.1) is 0 Å². The lowest BCUT2D eigenvalue weighted by atomic mass is 10.1. The molecule has 0 aromatic heterocycles. The Bertz CT molecular complexity index is 375. The van der Waals surface area contributed by atoms with Crippen LogP contribution in [0.15, 0.2) is 60.2 Å². The van der Waals surface area contributed by atoms with E-state index in [2.05, 4.69) is 54.6 Å². The van der Waals surface area contributed by atoms with Gasteiger partial charge in [0.2, 0.25) is 0 Å². The summed E-state index contributed by atoms with van der Waals surface area (Å²) >= 11 is 0. The molecule has 0 atom stereocenters. The van der Waals surface area contributed by atoms with E-state index in [9.17, 15) is 0 Å². The fourth-order valence-corrected chi connectivity index (χ4v) is 1.51. The van der Waals surface area contributed by atoms with Crippen molar-refractivity contribution in [3.05, 3.63) is 65.8 Å². The maximum Gasteiger partial charge on any atom is 0.0194 e. The largest absolute Gasteiger partial charge is 0.0836 e. The van der Waals surface area contributed by atoms with Crippen molar-refractivity contribution in [3.63, 3.8) is 0 Å². The molecule has 0 amide bonds. The molecule has 1 aromatic rings. The van der Waals surface area contributed by atoms with E-state index in [1.165, 1.54) is 38.8 Å². The normalized spacial score (nSPS) is 14.8. The van der Waals surface area contributed by atoms with Crippen molar-refractivity contribution in [1.29, 1.82) is 0 Å². The molecule has 1 aromatic carbocycles. The molecule has 0 nitrogen and oxygen atoms in total. The molecule has 0 fully saturated rings. The molecule has 0 radical (unpaired) electrons. The van der Waals surface area contributed by atoms with Gasteiger partial charge in [-0.15, -0.1) is 0 Å². The van der Waals surface area contributed by atoms with Crippen LogP contribution in [-0.2, 0) is 0 Å². The fraction of sp³-hybridized carbons (Fsp3) is 0.250. The molecule has 0 saturated carbocycles. The minimum Gasteiger partial charge on any atom is -0.0836 e. The third-order valence-corrected chi connectivity index (χ3v) is 2.29. The monoisotopic (exact) mass is 218 g/mol. The Morgan fingerprint density at radius 3 is 2.38 bits per heavy atom. The van der Waals surface area contributed by atoms with Gasteiger partial charge in [0.05, 0.1) is 0 Å². The maximum atomic E-state index is 5.75. The highest BCUT2D eigenvalue weighted by Crippen LogP contribution is 2.12. The van der Waals surface area contributed by atoms with Crippen molar-refractivity contribution in [1.82, 2.24) is 0 Å². The average molecular weight is 218 g/mol. The van der Waals surface area contributed by atoms with Crippen molar-refractivity contribution in [2.24, 2.45) is 0 Å². The molecule has 0 bridgehead atoms. The van der Waals surface area contributed by atoms with E-state index in [4.69, 9.17) is 2.74 Å². The Balaban J connectivity index is 0.000000659. The van der Waals surface area contributed by atoms with Crippen LogP contribution in [0.5, 0.6) is 0 Å². The van der Waals surface area contributed by atoms with Gasteiger partial charge in [-0.25, -0.2) is 0 Å². The zero-order valence-corrected chi connectivity index (χ0v) is 10.2. The van der Waals surface area contributed by atoms with E-state index in [0.717, 1.165) is 0 Å². The second kappa shape index (κ2) is 7.70. The summed E-state index contributed by atoms with van der Waals surface area (Å²) in [7, 11) is 2.50. The molecule has 1 aliphatic carbocycles. The third kappa shape index (κ3) is 4.31. The Hall–Kier alpha value is -1.56. The van der Waals surface area contributed by atoms with Crippen molar-refractivity contribution >= 4 is 6.08 Å². The lowest BCUT2D eigenvalue weighted by Crippen LogP contribution is -1.79. The molecule has 1 aliphatic rings. The minimum atomic E-state index is 1.17. The van der Waals surface area contributed by atoms with Crippen molar-refractivity contribution in [2.45, 2.75) is 27.6 Å². The second-order valence-electron chi connectivity index (χ2n) is 3.43. The van der Waals surface area contributed by atoms with Crippen molar-refractivity contribution in [3.8, 4) is 0 Å². The first-order valence-corrected chi connectivity index (χ1v) is 5.05. The lowest BCUT2D eigenvalue weighted by molar-refractivity contribution is 1.03. The number of benzene rings is 1. The van der Waals surface area contributed by atoms with Crippen LogP contribution >= 0.6 is 0 Å². The fourth-order valence-electron chi connectivity index (χ4n) is 1.51. The van der Waals surface area contributed by atoms with Gasteiger partial charge in [0.25, 0.3) is 0 Å². The van der Waals surface area contributed by atoms with Gasteiger partial charge in [0, 0.05) is 2.74 Å². The molecule has 0 N–H and O–H groups in total. The van der Waals surface area contributed by atoms with Crippen LogP contribution in [0.25, 0.3) is 6.08 Å². The second-order valence-corrected chi connectivity index (χ2v) is 3.43. The SMILES string of the molecule is C1=CC(C=Cc2ccccc2)=CCC1.[3H]C.[3H]C. The first-order valence-electron chi connectivity index (χ1n) is 7.05. The number of hydrogen-bond donors (Lipinski definition) is 0. The predicted octanol–water partition coefficient (Wildman–Crippen LogP) is 5.25. The maximum absolute atomic E-state index is 5.75. The van der Waals surface area contributed by atoms with Gasteiger partial charge < -0.3 is 0 Å². The predicted molar refractivity (Wildman–Crippen MR) is 75.4 cm³/mol. The van der Waals surface area contributed by atoms with Crippen LogP contribution in [0.3, 0.4) is 0 Å². The number of hydrogen-bond acceptors (Lipinski definition) is 0. The van der Waals surface area contributed by atoms with Gasteiger partial charge in [-0.3, -0.25) is 0 Å². The third-order valence-electron chi connectivity index (χ3n) is 2.29. The van der Waals surface area contributed by atoms with E-state index in [-0.39, 0.29) is 0 Å². The summed E-state index contributed by atoms with van der Waals surface area (Å²) in [4.78, 5) is 0. The summed E-state index contributed by atoms with van der Waals surface area (Å²) in [5.41, 5.74) is 2.58. The summed E-state index contributed by atoms with van der Waals surface area (Å²) in [5, 5.41) is 0. The van der Waals surface area contributed by atoms with Crippen LogP contribution < -0.4 is 0 Å². The zero-order valence-electron chi connectivity index (χ0n) is 12.2. The standard InChI is InChI=1S/C14H14.2CH4/c1-3-7-13(8-4-1)11-12-14-9-5-2-6-10-14;;/h1,3-5,7-12H,2,6H2;2*1H4/i;2*1T. The Morgan fingerprint density at radius 2 is 1.75 bits per heavy atom. The summed E-state index contributed by atoms with van der Waals surface area (Å²) in [6.45, 7) is 0. The van der Waals surface area contributed by atoms with E-state index in [0.29, 0.717) is 0 Å². The van der Waals surface area contributed by atoms with E-state index < -0.39 is 0 Å². The highest BCUT2D eigenvalue weighted by Gasteiger charge is 1.91. The van der Waals surface area contributed by atoms with Crippen molar-refractivity contribution in [2.75, 3.05) is 0 Å². The summed E-state index contributed by atoms with van der Waals surface area (Å²) in [5.74, 6) is 0. The Morgan fingerprint density at radius 1 is 1.00 bits per heavy atom. The van der Waals surface area contributed by atoms with Gasteiger partial charge >= 0.3 is 0 Å². The van der Waals surface area contributed by atoms with Crippen LogP contribution in [0.1, 0.15) is 36.0 Å².